The van der Waals surface area contributed by atoms with E-state index in [4.69, 9.17) is 16.2 Å². The molecular formula is C26H26N6O4S. The lowest BCUT2D eigenvalue weighted by Crippen LogP contribution is -2.45. The number of aromatic amines is 1. The zero-order chi connectivity index (χ0) is 25.9. The number of aromatic nitrogens is 2. The number of benzene rings is 2. The monoisotopic (exact) mass is 518 g/mol. The minimum absolute atomic E-state index is 0.0226. The van der Waals surface area contributed by atoms with Crippen molar-refractivity contribution in [3.8, 4) is 0 Å². The van der Waals surface area contributed by atoms with Crippen molar-refractivity contribution < 1.29 is 19.1 Å². The number of fused-ring (bicyclic) bond motifs is 1. The molecule has 1 saturated heterocycles. The first-order chi connectivity index (χ1) is 18.0. The van der Waals surface area contributed by atoms with Gasteiger partial charge in [-0.05, 0) is 42.6 Å². The first kappa shape index (κ1) is 24.5. The Morgan fingerprint density at radius 1 is 1.16 bits per heavy atom. The Morgan fingerprint density at radius 2 is 1.92 bits per heavy atom. The highest BCUT2D eigenvalue weighted by Crippen LogP contribution is 2.35. The summed E-state index contributed by atoms with van der Waals surface area (Å²) in [6.45, 7) is 0.983. The Hall–Kier alpha value is -4.22. The summed E-state index contributed by atoms with van der Waals surface area (Å²) in [5, 5.41) is 3.78. The van der Waals surface area contributed by atoms with Crippen LogP contribution < -0.4 is 21.7 Å². The average molecular weight is 519 g/mol. The molecule has 3 amide bonds. The van der Waals surface area contributed by atoms with Gasteiger partial charge in [-0.3, -0.25) is 19.3 Å². The number of ether oxygens (including phenoxy) is 1. The smallest absolute Gasteiger partial charge is 0.273 e. The second kappa shape index (κ2) is 10.4. The van der Waals surface area contributed by atoms with Gasteiger partial charge < -0.3 is 26.5 Å². The molecule has 2 aromatic heterocycles. The Bertz CT molecular complexity index is 1440. The van der Waals surface area contributed by atoms with E-state index in [1.54, 1.807) is 30.5 Å². The number of hydrogen-bond donors (Lipinski definition) is 4. The van der Waals surface area contributed by atoms with E-state index in [2.05, 4.69) is 14.7 Å². The highest BCUT2D eigenvalue weighted by molar-refractivity contribution is 7.09. The minimum atomic E-state index is -1.06. The Kier molecular flexibility index (Phi) is 6.89. The molecule has 0 bridgehead atoms. The first-order valence-electron chi connectivity index (χ1n) is 11.8. The number of nitrogens with zero attached hydrogens (tertiary/aromatic N) is 2. The number of nitrogens with two attached hydrogens (primary N) is 2. The number of H-pyrrole nitrogens is 1. The van der Waals surface area contributed by atoms with Crippen molar-refractivity contribution in [3.63, 3.8) is 0 Å². The molecular weight excluding hydrogens is 492 g/mol. The maximum absolute atomic E-state index is 14.1. The third kappa shape index (κ3) is 4.78. The van der Waals surface area contributed by atoms with Crippen LogP contribution in [0, 0.1) is 0 Å². The predicted molar refractivity (Wildman–Crippen MR) is 141 cm³/mol. The number of carbonyl (C=O) groups is 3. The number of nitrogens with one attached hydrogen (secondary N) is 2. The van der Waals surface area contributed by atoms with Gasteiger partial charge >= 0.3 is 0 Å². The SMILES string of the molecule is NC(=O)c1nsc(C(=O)N(c2ccccc2)[C@@H](C(=O)NC[C@H]2CCCO2)c2c[nH]c3ccccc23)c1N. The summed E-state index contributed by atoms with van der Waals surface area (Å²) in [7, 11) is 0. The van der Waals surface area contributed by atoms with Gasteiger partial charge in [0.05, 0.1) is 11.8 Å². The molecule has 1 aliphatic heterocycles. The molecule has 0 saturated carbocycles. The quantitative estimate of drug-likeness (QED) is 0.281. The van der Waals surface area contributed by atoms with Crippen LogP contribution >= 0.6 is 11.5 Å². The highest BCUT2D eigenvalue weighted by Gasteiger charge is 2.37. The number of amides is 3. The maximum atomic E-state index is 14.1. The zero-order valence-electron chi connectivity index (χ0n) is 19.8. The van der Waals surface area contributed by atoms with E-state index in [1.165, 1.54) is 4.90 Å². The summed E-state index contributed by atoms with van der Waals surface area (Å²) in [4.78, 5) is 44.4. The molecule has 190 valence electrons. The van der Waals surface area contributed by atoms with Crippen LogP contribution in [0.4, 0.5) is 11.4 Å². The van der Waals surface area contributed by atoms with Crippen LogP contribution in [0.2, 0.25) is 0 Å². The van der Waals surface area contributed by atoms with Gasteiger partial charge in [0.2, 0.25) is 5.91 Å². The Balaban J connectivity index is 1.63. The van der Waals surface area contributed by atoms with E-state index in [1.807, 2.05) is 30.3 Å². The fraction of sp³-hybridized carbons (Fsp3) is 0.231. The molecule has 37 heavy (non-hydrogen) atoms. The zero-order valence-corrected chi connectivity index (χ0v) is 20.7. The van der Waals surface area contributed by atoms with E-state index in [0.717, 1.165) is 35.3 Å². The van der Waals surface area contributed by atoms with E-state index >= 15 is 0 Å². The lowest BCUT2D eigenvalue weighted by atomic mass is 10.0. The minimum Gasteiger partial charge on any atom is -0.395 e. The molecule has 0 radical (unpaired) electrons. The molecule has 4 aromatic rings. The number of primary amides is 1. The molecule has 2 aromatic carbocycles. The van der Waals surface area contributed by atoms with Gasteiger partial charge in [-0.15, -0.1) is 0 Å². The second-order valence-electron chi connectivity index (χ2n) is 8.72. The number of rotatable bonds is 8. The standard InChI is InChI=1S/C26H26N6O4S/c27-20-21(24(28)33)31-37-23(20)26(35)32(15-7-2-1-3-8-15)22(25(34)30-13-16-9-6-12-36-16)18-14-29-19-11-5-4-10-17(18)19/h1-5,7-8,10-11,14,16,22,29H,6,9,12-13,27H2,(H2,28,33)(H,30,34)/t16-,22-/m1/s1. The largest absolute Gasteiger partial charge is 0.395 e. The molecule has 0 spiro atoms. The summed E-state index contributed by atoms with van der Waals surface area (Å²) < 4.78 is 9.67. The van der Waals surface area contributed by atoms with Crippen molar-refractivity contribution >= 4 is 51.5 Å². The van der Waals surface area contributed by atoms with Crippen molar-refractivity contribution in [2.75, 3.05) is 23.8 Å². The van der Waals surface area contributed by atoms with Gasteiger partial charge in [0.25, 0.3) is 11.8 Å². The van der Waals surface area contributed by atoms with Crippen molar-refractivity contribution in [2.24, 2.45) is 5.73 Å². The fourth-order valence-electron chi connectivity index (χ4n) is 4.54. The van der Waals surface area contributed by atoms with Gasteiger partial charge in [-0.1, -0.05) is 36.4 Å². The third-order valence-corrected chi connectivity index (χ3v) is 7.21. The summed E-state index contributed by atoms with van der Waals surface area (Å²) in [6, 6.07) is 15.3. The van der Waals surface area contributed by atoms with Crippen molar-refractivity contribution in [1.29, 1.82) is 0 Å². The highest BCUT2D eigenvalue weighted by atomic mass is 32.1. The summed E-state index contributed by atoms with van der Waals surface area (Å²) in [6.07, 6.45) is 3.44. The van der Waals surface area contributed by atoms with Crippen LogP contribution in [0.3, 0.4) is 0 Å². The number of nitrogen functional groups attached to an aromatic ring is 1. The molecule has 10 nitrogen and oxygen atoms in total. The molecule has 1 aliphatic rings. The average Bonchev–Trinajstić information content (AvgIpc) is 3.66. The Morgan fingerprint density at radius 3 is 2.62 bits per heavy atom. The lowest BCUT2D eigenvalue weighted by molar-refractivity contribution is -0.123. The molecule has 3 heterocycles. The topological polar surface area (TPSA) is 156 Å². The first-order valence-corrected chi connectivity index (χ1v) is 12.6. The number of anilines is 2. The number of carbonyl (C=O) groups excluding carboxylic acids is 3. The summed E-state index contributed by atoms with van der Waals surface area (Å²) in [5.41, 5.74) is 13.1. The van der Waals surface area contributed by atoms with Crippen molar-refractivity contribution in [2.45, 2.75) is 25.0 Å². The van der Waals surface area contributed by atoms with Crippen molar-refractivity contribution in [1.82, 2.24) is 14.7 Å². The van der Waals surface area contributed by atoms with E-state index < -0.39 is 17.9 Å². The molecule has 6 N–H and O–H groups in total. The fourth-order valence-corrected chi connectivity index (χ4v) is 5.29. The van der Waals surface area contributed by atoms with Crippen LogP contribution in [0.15, 0.2) is 60.8 Å². The molecule has 0 aliphatic carbocycles. The summed E-state index contributed by atoms with van der Waals surface area (Å²) in [5.74, 6) is -1.78. The number of hydrogen-bond acceptors (Lipinski definition) is 7. The van der Waals surface area contributed by atoms with Crippen LogP contribution in [-0.2, 0) is 9.53 Å². The van der Waals surface area contributed by atoms with Gasteiger partial charge in [0.15, 0.2) is 5.69 Å². The molecule has 11 heteroatoms. The maximum Gasteiger partial charge on any atom is 0.273 e. The van der Waals surface area contributed by atoms with Crippen molar-refractivity contribution in [3.05, 3.63) is 76.9 Å². The molecule has 5 rings (SSSR count). The van der Waals surface area contributed by atoms with E-state index in [-0.39, 0.29) is 28.3 Å². The van der Waals surface area contributed by atoms with Gasteiger partial charge in [-0.2, -0.15) is 4.37 Å². The molecule has 2 atom stereocenters. The van der Waals surface area contributed by atoms with Crippen LogP contribution in [0.5, 0.6) is 0 Å². The van der Waals surface area contributed by atoms with E-state index in [9.17, 15) is 14.4 Å². The molecule has 0 unspecified atom stereocenters. The van der Waals surface area contributed by atoms with Gasteiger partial charge in [0.1, 0.15) is 10.9 Å². The van der Waals surface area contributed by atoms with E-state index in [0.29, 0.717) is 24.4 Å². The van der Waals surface area contributed by atoms with Crippen LogP contribution in [0.1, 0.15) is 44.6 Å². The van der Waals surface area contributed by atoms with Crippen LogP contribution in [-0.4, -0.2) is 46.3 Å². The van der Waals surface area contributed by atoms with Crippen LogP contribution in [0.25, 0.3) is 10.9 Å². The van der Waals surface area contributed by atoms with Gasteiger partial charge in [-0.25, -0.2) is 0 Å². The third-order valence-electron chi connectivity index (χ3n) is 6.36. The Labute approximate surface area is 216 Å². The molecule has 1 fully saturated rings. The summed E-state index contributed by atoms with van der Waals surface area (Å²) >= 11 is 0.773. The number of para-hydroxylation sites is 2. The van der Waals surface area contributed by atoms with Gasteiger partial charge in [0, 0.05) is 41.5 Å². The normalized spacial score (nSPS) is 15.9. The second-order valence-corrected chi connectivity index (χ2v) is 9.49. The predicted octanol–water partition coefficient (Wildman–Crippen LogP) is 2.99. The lowest BCUT2D eigenvalue weighted by Gasteiger charge is -2.31.